The molecule has 1 aliphatic rings. The highest BCUT2D eigenvalue weighted by Crippen LogP contribution is 2.25. The van der Waals surface area contributed by atoms with Gasteiger partial charge in [0.25, 0.3) is 0 Å². The fourth-order valence-electron chi connectivity index (χ4n) is 2.57. The van der Waals surface area contributed by atoms with Gasteiger partial charge in [0, 0.05) is 12.1 Å². The SMILES string of the molecule is CC1CCCC(Nc2ccc(OCC(F)(F)F)nc2)CC1. The fourth-order valence-corrected chi connectivity index (χ4v) is 2.57. The molecule has 1 fully saturated rings. The summed E-state index contributed by atoms with van der Waals surface area (Å²) in [5.74, 6) is 0.764. The van der Waals surface area contributed by atoms with Gasteiger partial charge in [-0.15, -0.1) is 0 Å². The van der Waals surface area contributed by atoms with Crippen LogP contribution in [-0.4, -0.2) is 23.8 Å². The lowest BCUT2D eigenvalue weighted by atomic mass is 10.0. The molecule has 1 saturated carbocycles. The van der Waals surface area contributed by atoms with Gasteiger partial charge in [0.1, 0.15) is 0 Å². The van der Waals surface area contributed by atoms with Crippen molar-refractivity contribution < 1.29 is 17.9 Å². The van der Waals surface area contributed by atoms with Crippen molar-refractivity contribution in [3.8, 4) is 5.88 Å². The van der Waals surface area contributed by atoms with Gasteiger partial charge in [0.2, 0.25) is 5.88 Å². The Morgan fingerprint density at radius 3 is 2.71 bits per heavy atom. The molecule has 0 amide bonds. The number of aromatic nitrogens is 1. The lowest BCUT2D eigenvalue weighted by Gasteiger charge is -2.17. The molecule has 118 valence electrons. The Bertz CT molecular complexity index is 434. The number of rotatable bonds is 4. The molecular weight excluding hydrogens is 281 g/mol. The Labute approximate surface area is 122 Å². The number of alkyl halides is 3. The number of halogens is 3. The van der Waals surface area contributed by atoms with Crippen LogP contribution in [0, 0.1) is 5.92 Å². The summed E-state index contributed by atoms with van der Waals surface area (Å²) in [4.78, 5) is 3.90. The fraction of sp³-hybridized carbons (Fsp3) is 0.667. The quantitative estimate of drug-likeness (QED) is 0.837. The number of ether oxygens (including phenoxy) is 1. The van der Waals surface area contributed by atoms with Crippen LogP contribution in [0.2, 0.25) is 0 Å². The van der Waals surface area contributed by atoms with Crippen molar-refractivity contribution in [2.75, 3.05) is 11.9 Å². The molecule has 0 aliphatic heterocycles. The summed E-state index contributed by atoms with van der Waals surface area (Å²) >= 11 is 0. The van der Waals surface area contributed by atoms with Crippen molar-refractivity contribution in [1.29, 1.82) is 0 Å². The summed E-state index contributed by atoms with van der Waals surface area (Å²) in [6.45, 7) is 0.962. The second kappa shape index (κ2) is 7.00. The zero-order valence-corrected chi connectivity index (χ0v) is 12.1. The van der Waals surface area contributed by atoms with Gasteiger partial charge in [0.15, 0.2) is 6.61 Å². The Kier molecular flexibility index (Phi) is 5.31. The van der Waals surface area contributed by atoms with Gasteiger partial charge < -0.3 is 10.1 Å². The van der Waals surface area contributed by atoms with E-state index in [2.05, 4.69) is 22.0 Å². The number of hydrogen-bond donors (Lipinski definition) is 1. The van der Waals surface area contributed by atoms with Crippen molar-refractivity contribution >= 4 is 5.69 Å². The predicted octanol–water partition coefficient (Wildman–Crippen LogP) is 4.40. The molecule has 0 spiro atoms. The van der Waals surface area contributed by atoms with E-state index in [0.29, 0.717) is 6.04 Å². The molecule has 1 aromatic rings. The molecule has 0 bridgehead atoms. The second-order valence-corrected chi connectivity index (χ2v) is 5.74. The molecular formula is C15H21F3N2O. The molecule has 2 rings (SSSR count). The van der Waals surface area contributed by atoms with Crippen molar-refractivity contribution in [3.63, 3.8) is 0 Å². The maximum absolute atomic E-state index is 12.0. The second-order valence-electron chi connectivity index (χ2n) is 5.74. The summed E-state index contributed by atoms with van der Waals surface area (Å²) in [6, 6.07) is 3.60. The number of hydrogen-bond acceptors (Lipinski definition) is 3. The number of nitrogens with zero attached hydrogens (tertiary/aromatic N) is 1. The minimum atomic E-state index is -4.34. The zero-order valence-electron chi connectivity index (χ0n) is 12.1. The van der Waals surface area contributed by atoms with Crippen molar-refractivity contribution in [2.24, 2.45) is 5.92 Å². The molecule has 2 atom stereocenters. The molecule has 0 radical (unpaired) electrons. The van der Waals surface area contributed by atoms with Crippen molar-refractivity contribution in [1.82, 2.24) is 4.98 Å². The maximum atomic E-state index is 12.0. The Hall–Kier alpha value is -1.46. The normalized spacial score (nSPS) is 23.4. The van der Waals surface area contributed by atoms with Gasteiger partial charge in [-0.1, -0.05) is 19.8 Å². The van der Waals surface area contributed by atoms with Gasteiger partial charge >= 0.3 is 6.18 Å². The third-order valence-corrected chi connectivity index (χ3v) is 3.75. The zero-order chi connectivity index (χ0) is 15.3. The highest BCUT2D eigenvalue weighted by Gasteiger charge is 2.28. The maximum Gasteiger partial charge on any atom is 0.422 e. The summed E-state index contributed by atoms with van der Waals surface area (Å²) in [6.07, 6.45) is 3.11. The van der Waals surface area contributed by atoms with E-state index in [9.17, 15) is 13.2 Å². The molecule has 21 heavy (non-hydrogen) atoms. The van der Waals surface area contributed by atoms with E-state index >= 15 is 0 Å². The van der Waals surface area contributed by atoms with E-state index in [1.165, 1.54) is 31.5 Å². The highest BCUT2D eigenvalue weighted by atomic mass is 19.4. The van der Waals surface area contributed by atoms with Gasteiger partial charge in [-0.3, -0.25) is 0 Å². The first-order valence-corrected chi connectivity index (χ1v) is 7.34. The number of anilines is 1. The molecule has 1 heterocycles. The van der Waals surface area contributed by atoms with E-state index in [4.69, 9.17) is 0 Å². The molecule has 2 unspecified atom stereocenters. The minimum absolute atomic E-state index is 0.00707. The molecule has 0 saturated heterocycles. The van der Waals surface area contributed by atoms with Crippen LogP contribution < -0.4 is 10.1 Å². The van der Waals surface area contributed by atoms with Gasteiger partial charge in [-0.05, 0) is 31.2 Å². The largest absolute Gasteiger partial charge is 0.468 e. The summed E-state index contributed by atoms with van der Waals surface area (Å²) in [7, 11) is 0. The van der Waals surface area contributed by atoms with E-state index in [-0.39, 0.29) is 5.88 Å². The minimum Gasteiger partial charge on any atom is -0.468 e. The van der Waals surface area contributed by atoms with Crippen LogP contribution in [-0.2, 0) is 0 Å². The third-order valence-electron chi connectivity index (χ3n) is 3.75. The molecule has 1 aromatic heterocycles. The van der Waals surface area contributed by atoms with Crippen LogP contribution in [0.15, 0.2) is 18.3 Å². The highest BCUT2D eigenvalue weighted by molar-refractivity contribution is 5.43. The molecule has 3 nitrogen and oxygen atoms in total. The lowest BCUT2D eigenvalue weighted by molar-refractivity contribution is -0.154. The average molecular weight is 302 g/mol. The van der Waals surface area contributed by atoms with E-state index in [1.54, 1.807) is 6.07 Å². The van der Waals surface area contributed by atoms with Crippen LogP contribution in [0.4, 0.5) is 18.9 Å². The monoisotopic (exact) mass is 302 g/mol. The van der Waals surface area contributed by atoms with Crippen LogP contribution in [0.5, 0.6) is 5.88 Å². The summed E-state index contributed by atoms with van der Waals surface area (Å²) < 4.78 is 40.7. The molecule has 6 heteroatoms. The Morgan fingerprint density at radius 1 is 1.24 bits per heavy atom. The predicted molar refractivity (Wildman–Crippen MR) is 75.4 cm³/mol. The van der Waals surface area contributed by atoms with Crippen LogP contribution >= 0.6 is 0 Å². The van der Waals surface area contributed by atoms with Crippen LogP contribution in [0.25, 0.3) is 0 Å². The number of pyridine rings is 1. The van der Waals surface area contributed by atoms with Gasteiger partial charge in [-0.25, -0.2) is 4.98 Å². The van der Waals surface area contributed by atoms with E-state index < -0.39 is 12.8 Å². The lowest BCUT2D eigenvalue weighted by Crippen LogP contribution is -2.20. The van der Waals surface area contributed by atoms with Gasteiger partial charge in [0.05, 0.1) is 11.9 Å². The van der Waals surface area contributed by atoms with E-state index in [1.807, 2.05) is 0 Å². The van der Waals surface area contributed by atoms with E-state index in [0.717, 1.165) is 24.4 Å². The van der Waals surface area contributed by atoms with Crippen molar-refractivity contribution in [2.45, 2.75) is 51.2 Å². The Morgan fingerprint density at radius 2 is 2.05 bits per heavy atom. The third kappa shape index (κ3) is 5.81. The Balaban J connectivity index is 1.84. The first-order chi connectivity index (χ1) is 9.92. The first-order valence-electron chi connectivity index (χ1n) is 7.34. The smallest absolute Gasteiger partial charge is 0.422 e. The average Bonchev–Trinajstić information content (AvgIpc) is 2.62. The molecule has 0 aromatic carbocycles. The topological polar surface area (TPSA) is 34.1 Å². The summed E-state index contributed by atoms with van der Waals surface area (Å²) in [5, 5.41) is 3.40. The summed E-state index contributed by atoms with van der Waals surface area (Å²) in [5.41, 5.74) is 0.828. The van der Waals surface area contributed by atoms with Gasteiger partial charge in [-0.2, -0.15) is 13.2 Å². The molecule has 1 aliphatic carbocycles. The van der Waals surface area contributed by atoms with Crippen LogP contribution in [0.3, 0.4) is 0 Å². The van der Waals surface area contributed by atoms with Crippen LogP contribution in [0.1, 0.15) is 39.0 Å². The standard InChI is InChI=1S/C15H21F3N2O/c1-11-3-2-4-12(6-5-11)20-13-7-8-14(19-9-13)21-10-15(16,17)18/h7-9,11-12,20H,2-6,10H2,1H3. The first kappa shape index (κ1) is 15.9. The molecule has 1 N–H and O–H groups in total. The van der Waals surface area contributed by atoms with Crippen molar-refractivity contribution in [3.05, 3.63) is 18.3 Å². The number of nitrogens with one attached hydrogen (secondary N) is 1.